The highest BCUT2D eigenvalue weighted by atomic mass is 32.1. The number of rotatable bonds is 5. The number of H-pyrrole nitrogens is 1. The van der Waals surface area contributed by atoms with Gasteiger partial charge in [0.05, 0.1) is 6.21 Å². The van der Waals surface area contributed by atoms with Crippen LogP contribution in [0.5, 0.6) is 11.5 Å². The lowest BCUT2D eigenvalue weighted by atomic mass is 10.2. The second-order valence-corrected chi connectivity index (χ2v) is 6.29. The fraction of sp³-hybridized carbons (Fsp3) is 0. The number of ether oxygens (including phenoxy) is 1. The fourth-order valence-electron chi connectivity index (χ4n) is 2.59. The number of hydrogen-bond acceptors (Lipinski definition) is 4. The Morgan fingerprint density at radius 3 is 2.50 bits per heavy atom. The number of aromatic amines is 1. The predicted molar refractivity (Wildman–Crippen MR) is 109 cm³/mol. The van der Waals surface area contributed by atoms with E-state index >= 15 is 0 Å². The summed E-state index contributed by atoms with van der Waals surface area (Å²) in [6, 6.07) is 23.1. The van der Waals surface area contributed by atoms with Crippen molar-refractivity contribution in [3.8, 4) is 22.9 Å². The lowest BCUT2D eigenvalue weighted by Gasteiger charge is -2.06. The van der Waals surface area contributed by atoms with Crippen molar-refractivity contribution >= 4 is 18.4 Å². The third-order valence-electron chi connectivity index (χ3n) is 3.91. The Balaban J connectivity index is 1.60. The number of halogens is 1. The zero-order valence-corrected chi connectivity index (χ0v) is 15.4. The Bertz CT molecular complexity index is 1170. The summed E-state index contributed by atoms with van der Waals surface area (Å²) in [5, 5.41) is 11.3. The molecule has 5 nitrogen and oxygen atoms in total. The van der Waals surface area contributed by atoms with Crippen molar-refractivity contribution in [3.63, 3.8) is 0 Å². The summed E-state index contributed by atoms with van der Waals surface area (Å²) in [4.78, 5) is 0. The third kappa shape index (κ3) is 4.05. The lowest BCUT2D eigenvalue weighted by molar-refractivity contribution is 0.482. The molecule has 0 spiro atoms. The first-order valence-electron chi connectivity index (χ1n) is 8.50. The molecule has 138 valence electrons. The van der Waals surface area contributed by atoms with Crippen LogP contribution < -0.4 is 4.74 Å². The molecule has 1 N–H and O–H groups in total. The average molecular weight is 390 g/mol. The molecule has 0 unspecified atom stereocenters. The van der Waals surface area contributed by atoms with Crippen LogP contribution in [0.4, 0.5) is 4.39 Å². The molecule has 1 aromatic heterocycles. The van der Waals surface area contributed by atoms with Crippen molar-refractivity contribution < 1.29 is 9.13 Å². The van der Waals surface area contributed by atoms with Gasteiger partial charge in [0, 0.05) is 5.56 Å². The van der Waals surface area contributed by atoms with E-state index < -0.39 is 0 Å². The van der Waals surface area contributed by atoms with Gasteiger partial charge in [0.1, 0.15) is 17.3 Å². The molecule has 0 aliphatic carbocycles. The lowest BCUT2D eigenvalue weighted by Crippen LogP contribution is -1.95. The number of hydrogen-bond donors (Lipinski definition) is 1. The van der Waals surface area contributed by atoms with Crippen LogP contribution in [0, 0.1) is 10.6 Å². The van der Waals surface area contributed by atoms with E-state index in [-0.39, 0.29) is 5.82 Å². The van der Waals surface area contributed by atoms with Crippen LogP contribution in [0.15, 0.2) is 84.0 Å². The minimum absolute atomic E-state index is 0.317. The minimum atomic E-state index is -0.317. The van der Waals surface area contributed by atoms with Crippen molar-refractivity contribution in [2.75, 3.05) is 0 Å². The predicted octanol–water partition coefficient (Wildman–Crippen LogP) is 5.42. The molecule has 4 rings (SSSR count). The molecule has 3 aromatic carbocycles. The molecule has 7 heteroatoms. The highest BCUT2D eigenvalue weighted by Gasteiger charge is 2.08. The Morgan fingerprint density at radius 1 is 0.964 bits per heavy atom. The molecule has 0 aliphatic rings. The molecule has 0 atom stereocenters. The normalized spacial score (nSPS) is 11.0. The molecule has 0 saturated heterocycles. The molecule has 1 heterocycles. The monoisotopic (exact) mass is 390 g/mol. The Hall–Kier alpha value is -3.58. The van der Waals surface area contributed by atoms with Gasteiger partial charge in [-0.15, -0.1) is 0 Å². The van der Waals surface area contributed by atoms with Crippen molar-refractivity contribution in [3.05, 3.63) is 95.0 Å². The Labute approximate surface area is 165 Å². The van der Waals surface area contributed by atoms with Crippen LogP contribution in [-0.2, 0) is 0 Å². The second kappa shape index (κ2) is 7.98. The zero-order valence-electron chi connectivity index (χ0n) is 14.6. The van der Waals surface area contributed by atoms with Gasteiger partial charge in [-0.2, -0.15) is 14.9 Å². The van der Waals surface area contributed by atoms with Crippen LogP contribution >= 0.6 is 12.2 Å². The van der Waals surface area contributed by atoms with E-state index in [0.29, 0.717) is 21.9 Å². The number of aromatic nitrogens is 3. The second-order valence-electron chi connectivity index (χ2n) is 5.90. The van der Waals surface area contributed by atoms with Gasteiger partial charge in [-0.1, -0.05) is 30.3 Å². The number of benzene rings is 3. The van der Waals surface area contributed by atoms with E-state index in [9.17, 15) is 4.39 Å². The van der Waals surface area contributed by atoms with Gasteiger partial charge in [-0.25, -0.2) is 9.49 Å². The molecular formula is C21H15FN4OS. The van der Waals surface area contributed by atoms with E-state index in [0.717, 1.165) is 11.3 Å². The summed E-state index contributed by atoms with van der Waals surface area (Å²) in [7, 11) is 0. The summed E-state index contributed by atoms with van der Waals surface area (Å²) < 4.78 is 20.8. The average Bonchev–Trinajstić information content (AvgIpc) is 3.08. The first-order chi connectivity index (χ1) is 13.7. The molecule has 0 aliphatic heterocycles. The van der Waals surface area contributed by atoms with Gasteiger partial charge in [0.15, 0.2) is 5.82 Å². The van der Waals surface area contributed by atoms with E-state index in [1.807, 2.05) is 54.6 Å². The largest absolute Gasteiger partial charge is 0.457 e. The molecule has 28 heavy (non-hydrogen) atoms. The zero-order chi connectivity index (χ0) is 19.3. The topological polar surface area (TPSA) is 55.2 Å². The minimum Gasteiger partial charge on any atom is -0.457 e. The van der Waals surface area contributed by atoms with Crippen molar-refractivity contribution in [2.24, 2.45) is 5.10 Å². The summed E-state index contributed by atoms with van der Waals surface area (Å²) >= 11 is 5.26. The molecule has 0 fully saturated rings. The smallest absolute Gasteiger partial charge is 0.216 e. The van der Waals surface area contributed by atoms with Crippen molar-refractivity contribution in [1.29, 1.82) is 0 Å². The van der Waals surface area contributed by atoms with Crippen LogP contribution in [-0.4, -0.2) is 21.1 Å². The summed E-state index contributed by atoms with van der Waals surface area (Å²) in [5.41, 5.74) is 1.54. The van der Waals surface area contributed by atoms with E-state index in [1.54, 1.807) is 18.3 Å². The molecule has 4 aromatic rings. The van der Waals surface area contributed by atoms with Gasteiger partial charge in [-0.3, -0.25) is 0 Å². The van der Waals surface area contributed by atoms with Gasteiger partial charge >= 0.3 is 0 Å². The maximum Gasteiger partial charge on any atom is 0.216 e. The summed E-state index contributed by atoms with van der Waals surface area (Å²) in [6.45, 7) is 0. The standard InChI is InChI=1S/C21H15FN4OS/c22-17-11-9-16(10-12-17)20-24-25-21(28)26(20)23-14-15-5-4-8-19(13-15)27-18-6-2-1-3-7-18/h1-14H,(H,25,28)/b23-14+. The summed E-state index contributed by atoms with van der Waals surface area (Å²) in [6.07, 6.45) is 1.66. The number of nitrogens with zero attached hydrogens (tertiary/aromatic N) is 3. The molecular weight excluding hydrogens is 375 g/mol. The molecule has 0 bridgehead atoms. The number of para-hydroxylation sites is 1. The van der Waals surface area contributed by atoms with E-state index in [2.05, 4.69) is 15.3 Å². The maximum atomic E-state index is 13.2. The van der Waals surface area contributed by atoms with Gasteiger partial charge in [-0.05, 0) is 66.3 Å². The Morgan fingerprint density at radius 2 is 1.71 bits per heavy atom. The molecule has 0 amide bonds. The summed E-state index contributed by atoms with van der Waals surface area (Å²) in [5.74, 6) is 1.64. The maximum absolute atomic E-state index is 13.2. The van der Waals surface area contributed by atoms with Crippen LogP contribution in [0.3, 0.4) is 0 Å². The van der Waals surface area contributed by atoms with Crippen molar-refractivity contribution in [1.82, 2.24) is 14.9 Å². The first-order valence-corrected chi connectivity index (χ1v) is 8.90. The highest BCUT2D eigenvalue weighted by Crippen LogP contribution is 2.22. The van der Waals surface area contributed by atoms with E-state index in [1.165, 1.54) is 16.8 Å². The first kappa shape index (κ1) is 17.8. The van der Waals surface area contributed by atoms with Crippen LogP contribution in [0.25, 0.3) is 11.4 Å². The van der Waals surface area contributed by atoms with Gasteiger partial charge < -0.3 is 4.74 Å². The highest BCUT2D eigenvalue weighted by molar-refractivity contribution is 7.71. The van der Waals surface area contributed by atoms with E-state index in [4.69, 9.17) is 17.0 Å². The van der Waals surface area contributed by atoms with Gasteiger partial charge in [0.2, 0.25) is 4.77 Å². The third-order valence-corrected chi connectivity index (χ3v) is 4.18. The SMILES string of the molecule is Fc1ccc(-c2n[nH]c(=S)n2/N=C/c2cccc(Oc3ccccc3)c2)cc1. The van der Waals surface area contributed by atoms with Crippen molar-refractivity contribution in [2.45, 2.75) is 0 Å². The van der Waals surface area contributed by atoms with Crippen LogP contribution in [0.2, 0.25) is 0 Å². The quantitative estimate of drug-likeness (QED) is 0.366. The molecule has 0 radical (unpaired) electrons. The fourth-order valence-corrected chi connectivity index (χ4v) is 2.77. The molecule has 0 saturated carbocycles. The van der Waals surface area contributed by atoms with Gasteiger partial charge in [0.25, 0.3) is 0 Å². The Kier molecular flexibility index (Phi) is 5.07. The van der Waals surface area contributed by atoms with Crippen LogP contribution in [0.1, 0.15) is 5.56 Å². The number of nitrogens with one attached hydrogen (secondary N) is 1.